The minimum atomic E-state index is -0.248. The van der Waals surface area contributed by atoms with Crippen LogP contribution in [-0.2, 0) is 6.54 Å². The van der Waals surface area contributed by atoms with Crippen LogP contribution in [0.4, 0.5) is 4.39 Å². The molecule has 1 aromatic carbocycles. The highest BCUT2D eigenvalue weighted by Crippen LogP contribution is 2.30. The zero-order valence-corrected chi connectivity index (χ0v) is 11.9. The van der Waals surface area contributed by atoms with E-state index in [9.17, 15) is 4.39 Å². The quantitative estimate of drug-likeness (QED) is 0.934. The minimum absolute atomic E-state index is 0.248. The van der Waals surface area contributed by atoms with Crippen molar-refractivity contribution < 1.29 is 4.39 Å². The molecule has 1 fully saturated rings. The molecular weight excluding hydrogens is 277 g/mol. The molecule has 2 atom stereocenters. The van der Waals surface area contributed by atoms with Crippen molar-refractivity contribution in [2.24, 2.45) is 0 Å². The fourth-order valence-corrected chi connectivity index (χ4v) is 3.07. The Morgan fingerprint density at radius 3 is 3.05 bits per heavy atom. The van der Waals surface area contributed by atoms with Crippen LogP contribution in [-0.4, -0.2) is 15.6 Å². The lowest BCUT2D eigenvalue weighted by molar-refractivity contribution is 0.388. The van der Waals surface area contributed by atoms with E-state index < -0.39 is 0 Å². The van der Waals surface area contributed by atoms with Crippen LogP contribution in [0.25, 0.3) is 0 Å². The third kappa shape index (κ3) is 2.86. The molecule has 2 unspecified atom stereocenters. The van der Waals surface area contributed by atoms with Crippen molar-refractivity contribution in [3.05, 3.63) is 53.3 Å². The molecule has 1 heterocycles. The van der Waals surface area contributed by atoms with Crippen molar-refractivity contribution in [2.75, 3.05) is 0 Å². The van der Waals surface area contributed by atoms with E-state index in [4.69, 9.17) is 11.6 Å². The van der Waals surface area contributed by atoms with Gasteiger partial charge in [-0.15, -0.1) is 0 Å². The SMILES string of the molecule is Fc1cc(Cl)ccc1CNC1CCCC1n1ccnc1. The summed E-state index contributed by atoms with van der Waals surface area (Å²) in [6.07, 6.45) is 9.08. The molecule has 0 spiro atoms. The van der Waals surface area contributed by atoms with Crippen molar-refractivity contribution in [1.29, 1.82) is 0 Å². The van der Waals surface area contributed by atoms with Crippen LogP contribution >= 0.6 is 11.6 Å². The van der Waals surface area contributed by atoms with E-state index in [0.29, 0.717) is 29.2 Å². The molecule has 1 N–H and O–H groups in total. The molecule has 0 radical (unpaired) electrons. The molecule has 2 aromatic rings. The molecule has 1 aliphatic carbocycles. The normalized spacial score (nSPS) is 22.3. The smallest absolute Gasteiger partial charge is 0.129 e. The van der Waals surface area contributed by atoms with Crippen LogP contribution in [0.2, 0.25) is 5.02 Å². The summed E-state index contributed by atoms with van der Waals surface area (Å²) < 4.78 is 15.9. The van der Waals surface area contributed by atoms with E-state index in [0.717, 1.165) is 12.8 Å². The Labute approximate surface area is 122 Å². The Kier molecular flexibility index (Phi) is 4.03. The van der Waals surface area contributed by atoms with Gasteiger partial charge < -0.3 is 9.88 Å². The molecule has 3 rings (SSSR count). The molecule has 1 aliphatic rings. The topological polar surface area (TPSA) is 29.9 Å². The number of halogens is 2. The van der Waals surface area contributed by atoms with Crippen molar-refractivity contribution in [3.63, 3.8) is 0 Å². The average Bonchev–Trinajstić information content (AvgIpc) is 3.08. The molecule has 1 aromatic heterocycles. The van der Waals surface area contributed by atoms with Crippen LogP contribution in [0.3, 0.4) is 0 Å². The van der Waals surface area contributed by atoms with Crippen molar-refractivity contribution in [3.8, 4) is 0 Å². The second-order valence-corrected chi connectivity index (χ2v) is 5.67. The Balaban J connectivity index is 1.65. The van der Waals surface area contributed by atoms with Gasteiger partial charge in [0.15, 0.2) is 0 Å². The van der Waals surface area contributed by atoms with E-state index in [1.807, 2.05) is 12.5 Å². The molecule has 106 valence electrons. The predicted molar refractivity (Wildman–Crippen MR) is 77.2 cm³/mol. The van der Waals surface area contributed by atoms with E-state index in [2.05, 4.69) is 14.9 Å². The Hall–Kier alpha value is -1.39. The highest BCUT2D eigenvalue weighted by atomic mass is 35.5. The number of rotatable bonds is 4. The molecule has 0 amide bonds. The van der Waals surface area contributed by atoms with E-state index in [-0.39, 0.29) is 5.82 Å². The van der Waals surface area contributed by atoms with Crippen molar-refractivity contribution in [2.45, 2.75) is 37.9 Å². The van der Waals surface area contributed by atoms with Gasteiger partial charge in [0.2, 0.25) is 0 Å². The zero-order valence-electron chi connectivity index (χ0n) is 11.1. The van der Waals surface area contributed by atoms with Gasteiger partial charge in [-0.1, -0.05) is 17.7 Å². The lowest BCUT2D eigenvalue weighted by atomic mass is 10.1. The first-order valence-corrected chi connectivity index (χ1v) is 7.26. The average molecular weight is 294 g/mol. The van der Waals surface area contributed by atoms with Crippen molar-refractivity contribution in [1.82, 2.24) is 14.9 Å². The summed E-state index contributed by atoms with van der Waals surface area (Å²) >= 11 is 5.76. The first-order valence-electron chi connectivity index (χ1n) is 6.89. The van der Waals surface area contributed by atoms with E-state index in [1.54, 1.807) is 18.3 Å². The van der Waals surface area contributed by atoms with Crippen LogP contribution < -0.4 is 5.32 Å². The zero-order chi connectivity index (χ0) is 13.9. The number of benzene rings is 1. The lowest BCUT2D eigenvalue weighted by Crippen LogP contribution is -2.33. The van der Waals surface area contributed by atoms with Gasteiger partial charge in [-0.25, -0.2) is 9.37 Å². The van der Waals surface area contributed by atoms with Gasteiger partial charge in [0.1, 0.15) is 5.82 Å². The first-order chi connectivity index (χ1) is 9.74. The number of hydrogen-bond acceptors (Lipinski definition) is 2. The summed E-state index contributed by atoms with van der Waals surface area (Å²) in [7, 11) is 0. The molecular formula is C15H17ClFN3. The molecule has 0 bridgehead atoms. The number of nitrogens with zero attached hydrogens (tertiary/aromatic N) is 2. The fourth-order valence-electron chi connectivity index (χ4n) is 2.91. The molecule has 0 aliphatic heterocycles. The maximum absolute atomic E-state index is 13.8. The van der Waals surface area contributed by atoms with E-state index >= 15 is 0 Å². The van der Waals surface area contributed by atoms with Crippen LogP contribution in [0.15, 0.2) is 36.9 Å². The number of aromatic nitrogens is 2. The Morgan fingerprint density at radius 2 is 2.30 bits per heavy atom. The van der Waals surface area contributed by atoms with E-state index in [1.165, 1.54) is 12.5 Å². The monoisotopic (exact) mass is 293 g/mol. The highest BCUT2D eigenvalue weighted by Gasteiger charge is 2.27. The summed E-state index contributed by atoms with van der Waals surface area (Å²) in [5.74, 6) is -0.248. The third-order valence-electron chi connectivity index (χ3n) is 3.96. The van der Waals surface area contributed by atoms with Gasteiger partial charge in [0.05, 0.1) is 6.33 Å². The second-order valence-electron chi connectivity index (χ2n) is 5.23. The van der Waals surface area contributed by atoms with Gasteiger partial charge in [-0.3, -0.25) is 0 Å². The molecule has 3 nitrogen and oxygen atoms in total. The predicted octanol–water partition coefficient (Wildman–Crippen LogP) is 3.56. The van der Waals surface area contributed by atoms with Crippen LogP contribution in [0.5, 0.6) is 0 Å². The standard InChI is InChI=1S/C15H17ClFN3/c16-12-5-4-11(13(17)8-12)9-19-14-2-1-3-15(14)20-7-6-18-10-20/h4-8,10,14-15,19H,1-3,9H2. The summed E-state index contributed by atoms with van der Waals surface area (Å²) in [4.78, 5) is 4.10. The molecule has 5 heteroatoms. The lowest BCUT2D eigenvalue weighted by Gasteiger charge is -2.22. The number of imidazole rings is 1. The summed E-state index contributed by atoms with van der Waals surface area (Å²) in [6.45, 7) is 0.527. The minimum Gasteiger partial charge on any atom is -0.333 e. The van der Waals surface area contributed by atoms with Gasteiger partial charge in [0.25, 0.3) is 0 Å². The van der Waals surface area contributed by atoms with Crippen LogP contribution in [0, 0.1) is 5.82 Å². The van der Waals surface area contributed by atoms with Gasteiger partial charge in [-0.2, -0.15) is 0 Å². The summed E-state index contributed by atoms with van der Waals surface area (Å²) in [5.41, 5.74) is 0.658. The molecule has 20 heavy (non-hydrogen) atoms. The maximum atomic E-state index is 13.8. The van der Waals surface area contributed by atoms with Gasteiger partial charge in [0, 0.05) is 41.6 Å². The van der Waals surface area contributed by atoms with Gasteiger partial charge >= 0.3 is 0 Å². The maximum Gasteiger partial charge on any atom is 0.129 e. The Bertz CT molecular complexity index is 571. The first kappa shape index (κ1) is 13.6. The number of hydrogen-bond donors (Lipinski definition) is 1. The van der Waals surface area contributed by atoms with Gasteiger partial charge in [-0.05, 0) is 31.4 Å². The molecule has 0 saturated heterocycles. The fraction of sp³-hybridized carbons (Fsp3) is 0.400. The Morgan fingerprint density at radius 1 is 1.40 bits per heavy atom. The largest absolute Gasteiger partial charge is 0.333 e. The van der Waals surface area contributed by atoms with Crippen molar-refractivity contribution >= 4 is 11.6 Å². The molecule has 1 saturated carbocycles. The van der Waals surface area contributed by atoms with Crippen LogP contribution in [0.1, 0.15) is 30.9 Å². The second kappa shape index (κ2) is 5.94. The summed E-state index contributed by atoms with van der Waals surface area (Å²) in [5, 5.41) is 3.90. The third-order valence-corrected chi connectivity index (χ3v) is 4.19. The highest BCUT2D eigenvalue weighted by molar-refractivity contribution is 6.30. The number of nitrogens with one attached hydrogen (secondary N) is 1. The summed E-state index contributed by atoms with van der Waals surface area (Å²) in [6, 6.07) is 5.60.